The molecule has 0 atom stereocenters. The maximum absolute atomic E-state index is 12.3. The summed E-state index contributed by atoms with van der Waals surface area (Å²) in [6, 6.07) is 2.82. The van der Waals surface area contributed by atoms with Crippen LogP contribution in [0.3, 0.4) is 0 Å². The number of oxime groups is 1. The molecule has 0 aliphatic carbocycles. The van der Waals surface area contributed by atoms with Gasteiger partial charge in [-0.05, 0) is 12.5 Å². The topological polar surface area (TPSA) is 111 Å². The van der Waals surface area contributed by atoms with E-state index in [-0.39, 0.29) is 21.0 Å². The van der Waals surface area contributed by atoms with E-state index in [4.69, 9.17) is 16.4 Å². The van der Waals surface area contributed by atoms with Crippen LogP contribution in [0.25, 0.3) is 11.1 Å². The fraction of sp³-hybridized carbons (Fsp3) is 0.353. The van der Waals surface area contributed by atoms with Crippen molar-refractivity contribution in [2.75, 3.05) is 12.9 Å². The van der Waals surface area contributed by atoms with Crippen LogP contribution in [-0.2, 0) is 21.2 Å². The van der Waals surface area contributed by atoms with E-state index in [0.29, 0.717) is 37.3 Å². The van der Waals surface area contributed by atoms with Crippen LogP contribution in [0.4, 0.5) is 0 Å². The summed E-state index contributed by atoms with van der Waals surface area (Å²) in [4.78, 5) is 17.3. The van der Waals surface area contributed by atoms with E-state index < -0.39 is 21.1 Å². The van der Waals surface area contributed by atoms with Crippen LogP contribution in [0, 0.1) is 0 Å². The van der Waals surface area contributed by atoms with Crippen LogP contribution in [0.2, 0.25) is 5.02 Å². The van der Waals surface area contributed by atoms with Crippen molar-refractivity contribution in [3.63, 3.8) is 0 Å². The van der Waals surface area contributed by atoms with E-state index in [9.17, 15) is 18.3 Å². The summed E-state index contributed by atoms with van der Waals surface area (Å²) < 4.78 is 25.5. The van der Waals surface area contributed by atoms with Crippen LogP contribution in [0.5, 0.6) is 5.75 Å². The third-order valence-corrected chi connectivity index (χ3v) is 5.67. The van der Waals surface area contributed by atoms with Crippen molar-refractivity contribution in [1.29, 1.82) is 0 Å². The molecule has 0 saturated heterocycles. The Labute approximate surface area is 161 Å². The van der Waals surface area contributed by atoms with Crippen molar-refractivity contribution >= 4 is 27.1 Å². The lowest BCUT2D eigenvalue weighted by Gasteiger charge is -2.14. The SMILES string of the molecule is CCCn1ncc(-c2ccc(S(C)(=O)=O)c(C3=NOCC3)c2Cl)c(O)c1=O. The number of aryl methyl sites for hydroxylation is 1. The Hall–Kier alpha value is -2.39. The zero-order chi connectivity index (χ0) is 19.8. The molecule has 0 fully saturated rings. The van der Waals surface area contributed by atoms with Gasteiger partial charge in [0.1, 0.15) is 6.61 Å². The average Bonchev–Trinajstić information content (AvgIpc) is 3.13. The lowest BCUT2D eigenvalue weighted by molar-refractivity contribution is 0.174. The van der Waals surface area contributed by atoms with Gasteiger partial charge in [-0.25, -0.2) is 13.1 Å². The molecule has 0 radical (unpaired) electrons. The number of benzene rings is 1. The molecule has 144 valence electrons. The van der Waals surface area contributed by atoms with Crippen LogP contribution in [-0.4, -0.2) is 41.9 Å². The van der Waals surface area contributed by atoms with Gasteiger partial charge in [0.2, 0.25) is 0 Å². The van der Waals surface area contributed by atoms with Gasteiger partial charge in [-0.3, -0.25) is 4.79 Å². The van der Waals surface area contributed by atoms with Gasteiger partial charge in [0, 0.05) is 30.3 Å². The first kappa shape index (κ1) is 19.4. The Morgan fingerprint density at radius 2 is 2.07 bits per heavy atom. The Bertz CT molecular complexity index is 1090. The van der Waals surface area contributed by atoms with Crippen LogP contribution >= 0.6 is 11.6 Å². The number of aromatic hydroxyl groups is 1. The molecule has 0 unspecified atom stereocenters. The van der Waals surface area contributed by atoms with Crippen molar-refractivity contribution in [3.8, 4) is 16.9 Å². The minimum absolute atomic E-state index is 0.00674. The molecule has 8 nitrogen and oxygen atoms in total. The van der Waals surface area contributed by atoms with Gasteiger partial charge in [-0.1, -0.05) is 29.7 Å². The predicted octanol–water partition coefficient (Wildman–Crippen LogP) is 2.21. The number of hydrogen-bond donors (Lipinski definition) is 1. The molecule has 1 aliphatic heterocycles. The van der Waals surface area contributed by atoms with Gasteiger partial charge in [0.15, 0.2) is 15.6 Å². The number of nitrogens with zero attached hydrogens (tertiary/aromatic N) is 3. The van der Waals surface area contributed by atoms with Crippen LogP contribution < -0.4 is 5.56 Å². The van der Waals surface area contributed by atoms with Gasteiger partial charge in [-0.2, -0.15) is 5.10 Å². The maximum Gasteiger partial charge on any atom is 0.309 e. The molecule has 2 aromatic rings. The van der Waals surface area contributed by atoms with Crippen molar-refractivity contribution in [2.45, 2.75) is 31.2 Å². The highest BCUT2D eigenvalue weighted by Gasteiger charge is 2.26. The van der Waals surface area contributed by atoms with Crippen molar-refractivity contribution in [3.05, 3.63) is 39.3 Å². The second kappa shape index (κ2) is 7.32. The molecule has 10 heteroatoms. The maximum atomic E-state index is 12.3. The molecule has 1 aromatic carbocycles. The van der Waals surface area contributed by atoms with Gasteiger partial charge in [0.05, 0.1) is 27.4 Å². The minimum atomic E-state index is -3.59. The molecule has 0 bridgehead atoms. The van der Waals surface area contributed by atoms with Gasteiger partial charge in [-0.15, -0.1) is 0 Å². The highest BCUT2D eigenvalue weighted by molar-refractivity contribution is 7.90. The van der Waals surface area contributed by atoms with E-state index in [1.165, 1.54) is 18.3 Å². The molecule has 0 saturated carbocycles. The van der Waals surface area contributed by atoms with E-state index in [1.807, 2.05) is 6.92 Å². The molecule has 0 spiro atoms. The van der Waals surface area contributed by atoms with E-state index in [2.05, 4.69) is 10.3 Å². The number of rotatable bonds is 5. The Morgan fingerprint density at radius 1 is 1.33 bits per heavy atom. The second-order valence-electron chi connectivity index (χ2n) is 6.13. The summed E-state index contributed by atoms with van der Waals surface area (Å²) in [6.07, 6.45) is 3.49. The summed E-state index contributed by atoms with van der Waals surface area (Å²) >= 11 is 6.51. The first-order valence-corrected chi connectivity index (χ1v) is 10.5. The first-order valence-electron chi connectivity index (χ1n) is 8.27. The van der Waals surface area contributed by atoms with Crippen LogP contribution in [0.15, 0.2) is 33.2 Å². The molecular weight excluding hydrogens is 394 g/mol. The monoisotopic (exact) mass is 411 g/mol. The number of halogens is 1. The second-order valence-corrected chi connectivity index (χ2v) is 8.49. The zero-order valence-electron chi connectivity index (χ0n) is 14.8. The average molecular weight is 412 g/mol. The Kier molecular flexibility index (Phi) is 5.25. The summed E-state index contributed by atoms with van der Waals surface area (Å²) in [7, 11) is -3.59. The van der Waals surface area contributed by atoms with E-state index >= 15 is 0 Å². The van der Waals surface area contributed by atoms with Crippen molar-refractivity contribution in [2.24, 2.45) is 5.16 Å². The van der Waals surface area contributed by atoms with E-state index in [0.717, 1.165) is 10.9 Å². The minimum Gasteiger partial charge on any atom is -0.503 e. The zero-order valence-corrected chi connectivity index (χ0v) is 16.3. The summed E-state index contributed by atoms with van der Waals surface area (Å²) in [5, 5.41) is 18.4. The third kappa shape index (κ3) is 3.57. The molecule has 1 aliphatic rings. The molecule has 1 N–H and O–H groups in total. The largest absolute Gasteiger partial charge is 0.503 e. The smallest absolute Gasteiger partial charge is 0.309 e. The molecular formula is C17H18ClN3O5S. The predicted molar refractivity (Wildman–Crippen MR) is 101 cm³/mol. The Morgan fingerprint density at radius 3 is 2.67 bits per heavy atom. The van der Waals surface area contributed by atoms with Gasteiger partial charge >= 0.3 is 5.56 Å². The Balaban J connectivity index is 2.26. The molecule has 0 amide bonds. The quantitative estimate of drug-likeness (QED) is 0.807. The fourth-order valence-corrected chi connectivity index (χ4v) is 4.21. The fourth-order valence-electron chi connectivity index (χ4n) is 2.87. The standard InChI is InChI=1S/C17H18ClN3O5S/c1-3-7-21-17(23)16(22)11(9-19-21)10-4-5-13(27(2,24)25)14(15(10)18)12-6-8-26-20-12/h4-5,9,22H,3,6-8H2,1-2H3. The highest BCUT2D eigenvalue weighted by atomic mass is 35.5. The van der Waals surface area contributed by atoms with Crippen molar-refractivity contribution < 1.29 is 18.4 Å². The number of hydrogen-bond acceptors (Lipinski definition) is 7. The normalized spacial score (nSPS) is 14.1. The molecule has 27 heavy (non-hydrogen) atoms. The third-order valence-electron chi connectivity index (χ3n) is 4.14. The number of aromatic nitrogens is 2. The first-order chi connectivity index (χ1) is 12.8. The highest BCUT2D eigenvalue weighted by Crippen LogP contribution is 2.38. The van der Waals surface area contributed by atoms with Gasteiger partial charge < -0.3 is 9.94 Å². The summed E-state index contributed by atoms with van der Waals surface area (Å²) in [6.45, 7) is 2.57. The van der Waals surface area contributed by atoms with Gasteiger partial charge in [0.25, 0.3) is 0 Å². The van der Waals surface area contributed by atoms with E-state index in [1.54, 1.807) is 0 Å². The lowest BCUT2D eigenvalue weighted by atomic mass is 10.0. The van der Waals surface area contributed by atoms with Crippen LogP contribution in [0.1, 0.15) is 25.3 Å². The molecule has 1 aromatic heterocycles. The number of sulfone groups is 1. The summed E-state index contributed by atoms with van der Waals surface area (Å²) in [5.41, 5.74) is 0.388. The lowest BCUT2D eigenvalue weighted by Crippen LogP contribution is -2.22. The molecule has 3 rings (SSSR count). The summed E-state index contributed by atoms with van der Waals surface area (Å²) in [5.74, 6) is -0.497. The van der Waals surface area contributed by atoms with Crippen molar-refractivity contribution in [1.82, 2.24) is 9.78 Å². The molecule has 2 heterocycles.